The Morgan fingerprint density at radius 3 is 2.47 bits per heavy atom. The molecule has 0 bridgehead atoms. The van der Waals surface area contributed by atoms with Crippen LogP contribution in [0.5, 0.6) is 5.75 Å². The number of carbonyl (C=O) groups is 1. The predicted molar refractivity (Wildman–Crippen MR) is 77.0 cm³/mol. The van der Waals surface area contributed by atoms with Crippen LogP contribution in [-0.4, -0.2) is 25.1 Å². The number of hydrogen-bond acceptors (Lipinski definition) is 3. The number of carbonyl (C=O) groups excluding carboxylic acids is 1. The lowest BCUT2D eigenvalue weighted by atomic mass is 9.95. The Labute approximate surface area is 115 Å². The van der Waals surface area contributed by atoms with E-state index in [1.807, 2.05) is 30.3 Å². The van der Waals surface area contributed by atoms with E-state index in [4.69, 9.17) is 10.5 Å². The Morgan fingerprint density at radius 2 is 1.89 bits per heavy atom. The summed E-state index contributed by atoms with van der Waals surface area (Å²) in [4.78, 5) is 11.6. The van der Waals surface area contributed by atoms with Crippen LogP contribution in [0.25, 0.3) is 0 Å². The number of nitrogens with one attached hydrogen (secondary N) is 1. The first-order chi connectivity index (χ1) is 9.17. The normalized spacial score (nSPS) is 12.2. The molecule has 0 saturated carbocycles. The molecule has 0 radical (unpaired) electrons. The minimum atomic E-state index is -0.134. The lowest BCUT2D eigenvalue weighted by Gasteiger charge is -2.21. The summed E-state index contributed by atoms with van der Waals surface area (Å²) in [5.41, 5.74) is 6.04. The van der Waals surface area contributed by atoms with E-state index in [9.17, 15) is 4.79 Å². The molecule has 1 aromatic rings. The highest BCUT2D eigenvalue weighted by molar-refractivity contribution is 5.77. The van der Waals surface area contributed by atoms with Crippen LogP contribution in [0.15, 0.2) is 30.3 Å². The predicted octanol–water partition coefficient (Wildman–Crippen LogP) is 1.95. The number of benzene rings is 1. The van der Waals surface area contributed by atoms with E-state index in [0.29, 0.717) is 18.2 Å². The van der Waals surface area contributed by atoms with Gasteiger partial charge in [-0.2, -0.15) is 0 Å². The third-order valence-electron chi connectivity index (χ3n) is 3.30. The van der Waals surface area contributed by atoms with Crippen LogP contribution >= 0.6 is 0 Å². The first-order valence-electron chi connectivity index (χ1n) is 6.87. The van der Waals surface area contributed by atoms with E-state index in [1.54, 1.807) is 0 Å². The zero-order valence-electron chi connectivity index (χ0n) is 11.8. The maximum Gasteiger partial charge on any atom is 0.257 e. The lowest BCUT2D eigenvalue weighted by Crippen LogP contribution is -2.43. The van der Waals surface area contributed by atoms with E-state index in [-0.39, 0.29) is 18.6 Å². The van der Waals surface area contributed by atoms with Gasteiger partial charge in [0, 0.05) is 12.6 Å². The highest BCUT2D eigenvalue weighted by atomic mass is 16.5. The van der Waals surface area contributed by atoms with Crippen LogP contribution in [0.2, 0.25) is 0 Å². The molecule has 0 aromatic heterocycles. The van der Waals surface area contributed by atoms with Crippen molar-refractivity contribution in [2.75, 3.05) is 13.2 Å². The molecule has 3 N–H and O–H groups in total. The van der Waals surface area contributed by atoms with Gasteiger partial charge < -0.3 is 15.8 Å². The number of ether oxygens (including phenoxy) is 1. The fourth-order valence-corrected chi connectivity index (χ4v) is 2.01. The van der Waals surface area contributed by atoms with E-state index >= 15 is 0 Å². The molecule has 0 aliphatic heterocycles. The molecule has 0 fully saturated rings. The monoisotopic (exact) mass is 264 g/mol. The van der Waals surface area contributed by atoms with E-state index in [2.05, 4.69) is 19.2 Å². The molecule has 0 saturated heterocycles. The standard InChI is InChI=1S/C15H24N2O2/c1-3-12(4-2)14(16)10-17-15(18)11-19-13-8-6-5-7-9-13/h5-9,12,14H,3-4,10-11,16H2,1-2H3,(H,17,18). The Bertz CT molecular complexity index is 364. The highest BCUT2D eigenvalue weighted by Gasteiger charge is 2.14. The maximum atomic E-state index is 11.6. The molecular weight excluding hydrogens is 240 g/mol. The molecule has 19 heavy (non-hydrogen) atoms. The van der Waals surface area contributed by atoms with Gasteiger partial charge in [0.25, 0.3) is 5.91 Å². The summed E-state index contributed by atoms with van der Waals surface area (Å²) in [6.07, 6.45) is 2.07. The zero-order valence-corrected chi connectivity index (χ0v) is 11.8. The summed E-state index contributed by atoms with van der Waals surface area (Å²) >= 11 is 0. The summed E-state index contributed by atoms with van der Waals surface area (Å²) in [6, 6.07) is 9.30. The Morgan fingerprint density at radius 1 is 1.26 bits per heavy atom. The number of para-hydroxylation sites is 1. The molecule has 1 unspecified atom stereocenters. The van der Waals surface area contributed by atoms with Crippen LogP contribution in [0.3, 0.4) is 0 Å². The van der Waals surface area contributed by atoms with E-state index < -0.39 is 0 Å². The Hall–Kier alpha value is -1.55. The van der Waals surface area contributed by atoms with Gasteiger partial charge in [0.1, 0.15) is 5.75 Å². The molecule has 0 aliphatic carbocycles. The van der Waals surface area contributed by atoms with Crippen LogP contribution in [0.4, 0.5) is 0 Å². The molecule has 0 aliphatic rings. The first-order valence-corrected chi connectivity index (χ1v) is 6.87. The number of nitrogens with two attached hydrogens (primary N) is 1. The number of amides is 1. The average Bonchev–Trinajstić information content (AvgIpc) is 2.45. The van der Waals surface area contributed by atoms with Crippen molar-refractivity contribution in [3.8, 4) is 5.75 Å². The topological polar surface area (TPSA) is 64.3 Å². The number of hydrogen-bond donors (Lipinski definition) is 2. The molecule has 1 atom stereocenters. The summed E-state index contributed by atoms with van der Waals surface area (Å²) < 4.78 is 5.36. The zero-order chi connectivity index (χ0) is 14.1. The van der Waals surface area contributed by atoms with Gasteiger partial charge in [-0.15, -0.1) is 0 Å². The van der Waals surface area contributed by atoms with Crippen LogP contribution in [0.1, 0.15) is 26.7 Å². The summed E-state index contributed by atoms with van der Waals surface area (Å²) in [5.74, 6) is 1.02. The van der Waals surface area contributed by atoms with Crippen molar-refractivity contribution in [2.24, 2.45) is 11.7 Å². The summed E-state index contributed by atoms with van der Waals surface area (Å²) in [6.45, 7) is 4.77. The second-order valence-electron chi connectivity index (χ2n) is 4.65. The highest BCUT2D eigenvalue weighted by Crippen LogP contribution is 2.10. The quantitative estimate of drug-likeness (QED) is 0.754. The average molecular weight is 264 g/mol. The molecule has 4 heteroatoms. The van der Waals surface area contributed by atoms with Crippen molar-refractivity contribution in [2.45, 2.75) is 32.7 Å². The molecule has 0 spiro atoms. The van der Waals surface area contributed by atoms with Crippen molar-refractivity contribution in [1.82, 2.24) is 5.32 Å². The lowest BCUT2D eigenvalue weighted by molar-refractivity contribution is -0.123. The Balaban J connectivity index is 2.24. The van der Waals surface area contributed by atoms with Gasteiger partial charge in [-0.1, -0.05) is 44.9 Å². The fraction of sp³-hybridized carbons (Fsp3) is 0.533. The van der Waals surface area contributed by atoms with Gasteiger partial charge in [-0.25, -0.2) is 0 Å². The molecule has 1 aromatic carbocycles. The summed E-state index contributed by atoms with van der Waals surface area (Å²) in [5, 5.41) is 2.81. The van der Waals surface area contributed by atoms with Crippen molar-refractivity contribution < 1.29 is 9.53 Å². The van der Waals surface area contributed by atoms with Crippen molar-refractivity contribution in [1.29, 1.82) is 0 Å². The molecule has 4 nitrogen and oxygen atoms in total. The smallest absolute Gasteiger partial charge is 0.257 e. The van der Waals surface area contributed by atoms with Crippen molar-refractivity contribution >= 4 is 5.91 Å². The second kappa shape index (κ2) is 8.53. The SMILES string of the molecule is CCC(CC)C(N)CNC(=O)COc1ccccc1. The van der Waals surface area contributed by atoms with Crippen LogP contribution in [-0.2, 0) is 4.79 Å². The number of rotatable bonds is 8. The van der Waals surface area contributed by atoms with Gasteiger partial charge in [0.2, 0.25) is 0 Å². The molecular formula is C15H24N2O2. The Kier molecular flexibility index (Phi) is 6.97. The minimum Gasteiger partial charge on any atom is -0.484 e. The van der Waals surface area contributed by atoms with E-state index in [0.717, 1.165) is 12.8 Å². The van der Waals surface area contributed by atoms with Crippen molar-refractivity contribution in [3.05, 3.63) is 30.3 Å². The third-order valence-corrected chi connectivity index (χ3v) is 3.30. The second-order valence-corrected chi connectivity index (χ2v) is 4.65. The van der Waals surface area contributed by atoms with Gasteiger partial charge in [0.05, 0.1) is 0 Å². The molecule has 106 valence electrons. The fourth-order valence-electron chi connectivity index (χ4n) is 2.01. The van der Waals surface area contributed by atoms with Crippen LogP contribution in [0, 0.1) is 5.92 Å². The maximum absolute atomic E-state index is 11.6. The summed E-state index contributed by atoms with van der Waals surface area (Å²) in [7, 11) is 0. The third kappa shape index (κ3) is 5.75. The van der Waals surface area contributed by atoms with Gasteiger partial charge in [-0.05, 0) is 18.1 Å². The van der Waals surface area contributed by atoms with Gasteiger partial charge in [-0.3, -0.25) is 4.79 Å². The molecule has 1 amide bonds. The van der Waals surface area contributed by atoms with E-state index in [1.165, 1.54) is 0 Å². The van der Waals surface area contributed by atoms with Gasteiger partial charge >= 0.3 is 0 Å². The molecule has 1 rings (SSSR count). The van der Waals surface area contributed by atoms with Crippen molar-refractivity contribution in [3.63, 3.8) is 0 Å². The first kappa shape index (κ1) is 15.5. The van der Waals surface area contributed by atoms with Gasteiger partial charge in [0.15, 0.2) is 6.61 Å². The minimum absolute atomic E-state index is 0.00988. The molecule has 0 heterocycles. The largest absolute Gasteiger partial charge is 0.484 e. The van der Waals surface area contributed by atoms with Crippen LogP contribution < -0.4 is 15.8 Å².